The summed E-state index contributed by atoms with van der Waals surface area (Å²) in [7, 11) is 0. The molecule has 0 radical (unpaired) electrons. The van der Waals surface area contributed by atoms with Crippen LogP contribution in [0.4, 0.5) is 5.82 Å². The molecule has 1 atom stereocenters. The molecule has 29 heavy (non-hydrogen) atoms. The Morgan fingerprint density at radius 2 is 2.07 bits per heavy atom. The molecule has 2 aromatic heterocycles. The fourth-order valence-corrected chi connectivity index (χ4v) is 5.62. The van der Waals surface area contributed by atoms with Gasteiger partial charge in [-0.25, -0.2) is 9.97 Å². The number of fused-ring (bicyclic) bond motifs is 3. The number of nitrogens with one attached hydrogen (secondary N) is 2. The van der Waals surface area contributed by atoms with Crippen LogP contribution in [0.2, 0.25) is 0 Å². The van der Waals surface area contributed by atoms with Crippen LogP contribution in [0.15, 0.2) is 0 Å². The molecule has 1 amide bonds. The number of ether oxygens (including phenoxy) is 1. The van der Waals surface area contributed by atoms with E-state index in [0.717, 1.165) is 86.3 Å². The van der Waals surface area contributed by atoms with E-state index in [4.69, 9.17) is 14.7 Å². The molecule has 0 spiro atoms. The van der Waals surface area contributed by atoms with Gasteiger partial charge in [-0.05, 0) is 43.6 Å². The Morgan fingerprint density at radius 3 is 2.86 bits per heavy atom. The second-order valence-corrected chi connectivity index (χ2v) is 9.69. The van der Waals surface area contributed by atoms with E-state index in [0.29, 0.717) is 6.04 Å². The Morgan fingerprint density at radius 1 is 1.24 bits per heavy atom. The van der Waals surface area contributed by atoms with Crippen LogP contribution >= 0.6 is 11.3 Å². The molecule has 2 N–H and O–H groups in total. The SMILES string of the molecule is C[C@@H]1CCc2c(sc3nc(CN4CCOCC4)nc(NCC(=O)NC4CC4)c23)C1. The fourth-order valence-electron chi connectivity index (χ4n) is 4.21. The normalized spacial score (nSPS) is 22.4. The number of aryl methyl sites for hydroxylation is 1. The van der Waals surface area contributed by atoms with Crippen LogP contribution in [0, 0.1) is 5.92 Å². The van der Waals surface area contributed by atoms with Gasteiger partial charge in [-0.3, -0.25) is 9.69 Å². The molecule has 0 bridgehead atoms. The van der Waals surface area contributed by atoms with Crippen molar-refractivity contribution in [3.8, 4) is 0 Å². The molecule has 0 aromatic carbocycles. The largest absolute Gasteiger partial charge is 0.379 e. The molecule has 1 saturated carbocycles. The number of rotatable bonds is 6. The number of morpholine rings is 1. The third kappa shape index (κ3) is 4.39. The van der Waals surface area contributed by atoms with Crippen molar-refractivity contribution in [3.05, 3.63) is 16.3 Å². The van der Waals surface area contributed by atoms with E-state index in [1.165, 1.54) is 16.9 Å². The van der Waals surface area contributed by atoms with Crippen LogP contribution in [0.25, 0.3) is 10.2 Å². The van der Waals surface area contributed by atoms with E-state index in [2.05, 4.69) is 22.5 Å². The summed E-state index contributed by atoms with van der Waals surface area (Å²) >= 11 is 1.81. The lowest BCUT2D eigenvalue weighted by molar-refractivity contribution is -0.119. The topological polar surface area (TPSA) is 79.4 Å². The van der Waals surface area contributed by atoms with Crippen molar-refractivity contribution in [2.24, 2.45) is 5.92 Å². The second-order valence-electron chi connectivity index (χ2n) is 8.60. The number of hydrogen-bond acceptors (Lipinski definition) is 7. The molecule has 7 nitrogen and oxygen atoms in total. The molecule has 5 rings (SSSR count). The van der Waals surface area contributed by atoms with Crippen LogP contribution < -0.4 is 10.6 Å². The first-order chi connectivity index (χ1) is 14.2. The third-order valence-electron chi connectivity index (χ3n) is 6.03. The lowest BCUT2D eigenvalue weighted by Gasteiger charge is -2.25. The van der Waals surface area contributed by atoms with Crippen molar-refractivity contribution in [1.82, 2.24) is 20.2 Å². The monoisotopic (exact) mass is 415 g/mol. The summed E-state index contributed by atoms with van der Waals surface area (Å²) in [6.07, 6.45) is 5.60. The first kappa shape index (κ1) is 19.2. The summed E-state index contributed by atoms with van der Waals surface area (Å²) in [5, 5.41) is 7.54. The molecule has 8 heteroatoms. The van der Waals surface area contributed by atoms with Gasteiger partial charge in [0, 0.05) is 24.0 Å². The van der Waals surface area contributed by atoms with Crippen LogP contribution in [0.3, 0.4) is 0 Å². The highest BCUT2D eigenvalue weighted by atomic mass is 32.1. The van der Waals surface area contributed by atoms with Gasteiger partial charge in [0.2, 0.25) is 5.91 Å². The minimum absolute atomic E-state index is 0.0479. The fraction of sp³-hybridized carbons (Fsp3) is 0.667. The number of thiophene rings is 1. The maximum absolute atomic E-state index is 12.2. The lowest BCUT2D eigenvalue weighted by Crippen LogP contribution is -2.36. The standard InChI is InChI=1S/C21H29N5O2S/c1-13-2-5-15-16(10-13)29-21-19(15)20(22-11-18(27)23-14-3-4-14)24-17(25-21)12-26-6-8-28-9-7-26/h13-14H,2-12H2,1H3,(H,23,27)(H,22,24,25)/t13-/m1/s1. The van der Waals surface area contributed by atoms with E-state index in [-0.39, 0.29) is 12.5 Å². The van der Waals surface area contributed by atoms with Crippen LogP contribution in [-0.4, -0.2) is 59.7 Å². The summed E-state index contributed by atoms with van der Waals surface area (Å²) in [5.41, 5.74) is 1.39. The van der Waals surface area contributed by atoms with Crippen molar-refractivity contribution < 1.29 is 9.53 Å². The van der Waals surface area contributed by atoms with Crippen LogP contribution in [0.1, 0.15) is 42.5 Å². The minimum Gasteiger partial charge on any atom is -0.379 e. The first-order valence-electron chi connectivity index (χ1n) is 10.8. The van der Waals surface area contributed by atoms with Gasteiger partial charge in [0.05, 0.1) is 31.7 Å². The Balaban J connectivity index is 1.43. The smallest absolute Gasteiger partial charge is 0.239 e. The molecule has 2 aliphatic carbocycles. The zero-order valence-corrected chi connectivity index (χ0v) is 17.8. The van der Waals surface area contributed by atoms with Crippen LogP contribution in [0.5, 0.6) is 0 Å². The summed E-state index contributed by atoms with van der Waals surface area (Å²) in [4.78, 5) is 26.9. The number of carbonyl (C=O) groups is 1. The molecule has 1 saturated heterocycles. The number of hydrogen-bond donors (Lipinski definition) is 2. The Kier molecular flexibility index (Phi) is 5.41. The number of anilines is 1. The molecule has 156 valence electrons. The van der Waals surface area contributed by atoms with Crippen molar-refractivity contribution in [3.63, 3.8) is 0 Å². The minimum atomic E-state index is 0.0479. The van der Waals surface area contributed by atoms with E-state index >= 15 is 0 Å². The molecular formula is C21H29N5O2S. The maximum atomic E-state index is 12.2. The second kappa shape index (κ2) is 8.16. The third-order valence-corrected chi connectivity index (χ3v) is 7.18. The first-order valence-corrected chi connectivity index (χ1v) is 11.6. The van der Waals surface area contributed by atoms with Gasteiger partial charge in [-0.2, -0.15) is 0 Å². The highest BCUT2D eigenvalue weighted by Gasteiger charge is 2.26. The van der Waals surface area contributed by atoms with Gasteiger partial charge in [0.15, 0.2) is 0 Å². The molecular weight excluding hydrogens is 386 g/mol. The van der Waals surface area contributed by atoms with Crippen molar-refractivity contribution >= 4 is 33.3 Å². The highest BCUT2D eigenvalue weighted by Crippen LogP contribution is 2.40. The van der Waals surface area contributed by atoms with Gasteiger partial charge in [0.25, 0.3) is 0 Å². The van der Waals surface area contributed by atoms with Gasteiger partial charge in [-0.1, -0.05) is 6.92 Å². The van der Waals surface area contributed by atoms with Crippen LogP contribution in [-0.2, 0) is 28.9 Å². The predicted octanol–water partition coefficient (Wildman–Crippen LogP) is 2.34. The Bertz CT molecular complexity index is 904. The van der Waals surface area contributed by atoms with E-state index < -0.39 is 0 Å². The number of nitrogens with zero attached hydrogens (tertiary/aromatic N) is 3. The molecule has 2 fully saturated rings. The molecule has 0 unspecified atom stereocenters. The quantitative estimate of drug-likeness (QED) is 0.754. The lowest BCUT2D eigenvalue weighted by atomic mass is 9.89. The predicted molar refractivity (Wildman–Crippen MR) is 114 cm³/mol. The molecule has 2 aromatic rings. The van der Waals surface area contributed by atoms with Gasteiger partial charge in [-0.15, -0.1) is 11.3 Å². The molecule has 1 aliphatic heterocycles. The van der Waals surface area contributed by atoms with Crippen molar-refractivity contribution in [2.45, 2.75) is 51.6 Å². The summed E-state index contributed by atoms with van der Waals surface area (Å²) < 4.78 is 5.46. The van der Waals surface area contributed by atoms with Gasteiger partial charge in [0.1, 0.15) is 16.5 Å². The van der Waals surface area contributed by atoms with E-state index in [1.807, 2.05) is 11.3 Å². The zero-order chi connectivity index (χ0) is 19.8. The van der Waals surface area contributed by atoms with E-state index in [9.17, 15) is 4.79 Å². The van der Waals surface area contributed by atoms with E-state index in [1.54, 1.807) is 0 Å². The number of aromatic nitrogens is 2. The Hall–Kier alpha value is -1.77. The highest BCUT2D eigenvalue weighted by molar-refractivity contribution is 7.19. The average Bonchev–Trinajstić information content (AvgIpc) is 3.44. The summed E-state index contributed by atoms with van der Waals surface area (Å²) in [5.74, 6) is 2.43. The number of amides is 1. The average molecular weight is 416 g/mol. The van der Waals surface area contributed by atoms with Crippen molar-refractivity contribution in [2.75, 3.05) is 38.2 Å². The van der Waals surface area contributed by atoms with Gasteiger partial charge >= 0.3 is 0 Å². The number of carbonyl (C=O) groups excluding carboxylic acids is 1. The molecule has 3 aliphatic rings. The maximum Gasteiger partial charge on any atom is 0.239 e. The molecule has 3 heterocycles. The Labute approximate surface area is 175 Å². The summed E-state index contributed by atoms with van der Waals surface area (Å²) in [6, 6.07) is 0.377. The van der Waals surface area contributed by atoms with Crippen molar-refractivity contribution in [1.29, 1.82) is 0 Å². The zero-order valence-electron chi connectivity index (χ0n) is 17.0. The summed E-state index contributed by atoms with van der Waals surface area (Å²) in [6.45, 7) is 6.66. The van der Waals surface area contributed by atoms with Gasteiger partial charge < -0.3 is 15.4 Å².